The van der Waals surface area contributed by atoms with Crippen LogP contribution in [-0.4, -0.2) is 83.6 Å². The second-order valence-electron chi connectivity index (χ2n) is 13.9. The molecule has 2 N–H and O–H groups in total. The number of hydrogen-bond acceptors (Lipinski definition) is 8. The number of nitrogens with zero attached hydrogens (tertiary/aromatic N) is 4. The number of benzene rings is 3. The first-order chi connectivity index (χ1) is 21.9. The summed E-state index contributed by atoms with van der Waals surface area (Å²) < 4.78 is 29.1. The summed E-state index contributed by atoms with van der Waals surface area (Å²) in [5.41, 5.74) is 0.988. The zero-order valence-corrected chi connectivity index (χ0v) is 25.9. The van der Waals surface area contributed by atoms with E-state index in [1.54, 1.807) is 18.2 Å². The minimum atomic E-state index is -0.536. The van der Waals surface area contributed by atoms with Crippen molar-refractivity contribution < 1.29 is 19.0 Å². The molecule has 9 rings (SSSR count). The highest BCUT2D eigenvalue weighted by atomic mass is 35.5. The van der Waals surface area contributed by atoms with Crippen LogP contribution in [0.5, 0.6) is 11.8 Å². The number of halogens is 2. The summed E-state index contributed by atoms with van der Waals surface area (Å²) >= 11 is 6.91. The van der Waals surface area contributed by atoms with Crippen LogP contribution >= 0.6 is 11.6 Å². The lowest BCUT2D eigenvalue weighted by Crippen LogP contribution is -2.51. The standard InChI is InChI=1S/C35H37ClFN5O3/c36-29-13-28-32(31(37)30(29)27-12-25(43)11-20-3-1-2-4-26(20)27)39-34(40-33(28)41-14-21-5-6-22(15-41)38-21)45-19-35(9-10-35)18-42-23-7-8-24(42)17-44-16-23/h1-4,11-13,21-24,38,43H,5-10,14-19H2. The van der Waals surface area contributed by atoms with Crippen LogP contribution in [0.2, 0.25) is 5.02 Å². The first-order valence-electron chi connectivity index (χ1n) is 16.3. The number of fused-ring (bicyclic) bond motifs is 6. The fraction of sp³-hybridized carbons (Fsp3) is 0.486. The number of morpholine rings is 1. The van der Waals surface area contributed by atoms with Crippen LogP contribution in [0.25, 0.3) is 32.8 Å². The fourth-order valence-electron chi connectivity index (χ4n) is 8.28. The molecule has 0 spiro atoms. The van der Waals surface area contributed by atoms with Crippen molar-refractivity contribution in [3.05, 3.63) is 53.3 Å². The number of anilines is 1. The molecule has 0 radical (unpaired) electrons. The quantitative estimate of drug-likeness (QED) is 0.261. The van der Waals surface area contributed by atoms with E-state index in [-0.39, 0.29) is 33.3 Å². The lowest BCUT2D eigenvalue weighted by Gasteiger charge is -2.37. The second-order valence-corrected chi connectivity index (χ2v) is 14.3. The molecule has 45 heavy (non-hydrogen) atoms. The van der Waals surface area contributed by atoms with E-state index in [0.717, 1.165) is 69.3 Å². The number of aromatic nitrogens is 2. The van der Waals surface area contributed by atoms with Gasteiger partial charge < -0.3 is 24.8 Å². The predicted octanol–water partition coefficient (Wildman–Crippen LogP) is 5.91. The molecule has 4 unspecified atom stereocenters. The van der Waals surface area contributed by atoms with E-state index in [0.29, 0.717) is 47.5 Å². The zero-order chi connectivity index (χ0) is 30.3. The Hall–Kier alpha value is -3.24. The fourth-order valence-corrected chi connectivity index (χ4v) is 8.58. The van der Waals surface area contributed by atoms with E-state index >= 15 is 4.39 Å². The van der Waals surface area contributed by atoms with Crippen LogP contribution in [0.3, 0.4) is 0 Å². The molecule has 4 saturated heterocycles. The average Bonchev–Trinajstić information content (AvgIpc) is 3.68. The molecule has 1 saturated carbocycles. The van der Waals surface area contributed by atoms with Gasteiger partial charge in [-0.1, -0.05) is 35.9 Å². The van der Waals surface area contributed by atoms with Gasteiger partial charge in [-0.15, -0.1) is 0 Å². The maximum Gasteiger partial charge on any atom is 0.319 e. The van der Waals surface area contributed by atoms with Gasteiger partial charge in [0.05, 0.1) is 24.8 Å². The lowest BCUT2D eigenvalue weighted by atomic mass is 9.96. The number of ether oxygens (including phenoxy) is 2. The number of phenols is 1. The van der Waals surface area contributed by atoms with Gasteiger partial charge in [0.15, 0.2) is 5.82 Å². The largest absolute Gasteiger partial charge is 0.508 e. The summed E-state index contributed by atoms with van der Waals surface area (Å²) in [6.07, 6.45) is 6.83. The normalized spacial score (nSPS) is 27.0. The number of rotatable bonds is 7. The molecule has 5 heterocycles. The van der Waals surface area contributed by atoms with Gasteiger partial charge in [-0.25, -0.2) is 4.39 Å². The third kappa shape index (κ3) is 4.90. The Balaban J connectivity index is 1.12. The van der Waals surface area contributed by atoms with Gasteiger partial charge in [0.1, 0.15) is 17.1 Å². The summed E-state index contributed by atoms with van der Waals surface area (Å²) in [5, 5.41) is 16.7. The number of piperazine rings is 1. The molecule has 4 aliphatic heterocycles. The Morgan fingerprint density at radius 3 is 2.51 bits per heavy atom. The second kappa shape index (κ2) is 10.7. The van der Waals surface area contributed by atoms with E-state index in [1.807, 2.05) is 24.3 Å². The van der Waals surface area contributed by atoms with Crippen molar-refractivity contribution >= 4 is 39.1 Å². The molecule has 4 atom stereocenters. The van der Waals surface area contributed by atoms with Crippen LogP contribution in [-0.2, 0) is 4.74 Å². The van der Waals surface area contributed by atoms with E-state index in [9.17, 15) is 5.11 Å². The van der Waals surface area contributed by atoms with Crippen LogP contribution in [0.15, 0.2) is 42.5 Å². The third-order valence-corrected chi connectivity index (χ3v) is 11.1. The molecule has 1 aliphatic carbocycles. The Kier molecular flexibility index (Phi) is 6.64. The van der Waals surface area contributed by atoms with Gasteiger partial charge in [-0.3, -0.25) is 4.90 Å². The van der Waals surface area contributed by atoms with E-state index in [2.05, 4.69) is 15.1 Å². The summed E-state index contributed by atoms with van der Waals surface area (Å²) in [6.45, 7) is 4.69. The van der Waals surface area contributed by atoms with Crippen molar-refractivity contribution in [3.63, 3.8) is 0 Å². The van der Waals surface area contributed by atoms with Crippen molar-refractivity contribution in [2.75, 3.05) is 44.4 Å². The maximum absolute atomic E-state index is 16.9. The molecule has 5 fully saturated rings. The highest BCUT2D eigenvalue weighted by Crippen LogP contribution is 2.49. The Morgan fingerprint density at radius 1 is 1.00 bits per heavy atom. The topological polar surface area (TPSA) is 83.0 Å². The zero-order valence-electron chi connectivity index (χ0n) is 25.1. The minimum Gasteiger partial charge on any atom is -0.508 e. The first-order valence-corrected chi connectivity index (χ1v) is 16.7. The summed E-state index contributed by atoms with van der Waals surface area (Å²) in [4.78, 5) is 14.6. The predicted molar refractivity (Wildman–Crippen MR) is 173 cm³/mol. The van der Waals surface area contributed by atoms with Crippen molar-refractivity contribution in [2.45, 2.75) is 62.7 Å². The summed E-state index contributed by atoms with van der Waals surface area (Å²) in [5.74, 6) is 0.176. The number of phenolic OH excluding ortho intramolecular Hbond substituents is 1. The Bertz CT molecular complexity index is 1790. The van der Waals surface area contributed by atoms with Crippen molar-refractivity contribution in [1.82, 2.24) is 20.2 Å². The molecule has 3 aromatic carbocycles. The minimum absolute atomic E-state index is 0.0476. The average molecular weight is 630 g/mol. The van der Waals surface area contributed by atoms with Crippen LogP contribution < -0.4 is 15.0 Å². The van der Waals surface area contributed by atoms with Gasteiger partial charge in [-0.2, -0.15) is 9.97 Å². The monoisotopic (exact) mass is 629 g/mol. The van der Waals surface area contributed by atoms with Crippen LogP contribution in [0.4, 0.5) is 10.2 Å². The molecule has 4 bridgehead atoms. The summed E-state index contributed by atoms with van der Waals surface area (Å²) in [7, 11) is 0. The van der Waals surface area contributed by atoms with Gasteiger partial charge in [0.2, 0.25) is 0 Å². The Labute approximate surface area is 266 Å². The number of nitrogens with one attached hydrogen (secondary N) is 1. The maximum atomic E-state index is 16.9. The SMILES string of the molecule is Oc1cc(-c2c(Cl)cc3c(N4CC5CCC(C4)N5)nc(OCC4(CN5C6CCC5COC6)CC4)nc3c2F)c2ccccc2c1. The number of aromatic hydroxyl groups is 1. The van der Waals surface area contributed by atoms with E-state index < -0.39 is 5.82 Å². The van der Waals surface area contributed by atoms with Crippen molar-refractivity contribution in [3.8, 4) is 22.9 Å². The smallest absolute Gasteiger partial charge is 0.319 e. The first kappa shape index (κ1) is 28.0. The molecule has 4 aromatic rings. The summed E-state index contributed by atoms with van der Waals surface area (Å²) in [6, 6.07) is 14.6. The van der Waals surface area contributed by atoms with Gasteiger partial charge in [-0.05, 0) is 73.1 Å². The van der Waals surface area contributed by atoms with Gasteiger partial charge in [0.25, 0.3) is 0 Å². The van der Waals surface area contributed by atoms with Gasteiger partial charge >= 0.3 is 6.01 Å². The van der Waals surface area contributed by atoms with E-state index in [4.69, 9.17) is 31.0 Å². The molecule has 8 nitrogen and oxygen atoms in total. The van der Waals surface area contributed by atoms with Crippen molar-refractivity contribution in [1.29, 1.82) is 0 Å². The van der Waals surface area contributed by atoms with Crippen LogP contribution in [0.1, 0.15) is 38.5 Å². The van der Waals surface area contributed by atoms with E-state index in [1.165, 1.54) is 12.8 Å². The highest BCUT2D eigenvalue weighted by Gasteiger charge is 2.49. The van der Waals surface area contributed by atoms with Crippen molar-refractivity contribution in [2.24, 2.45) is 5.41 Å². The lowest BCUT2D eigenvalue weighted by molar-refractivity contribution is -0.0271. The molecular formula is C35H37ClFN5O3. The molecule has 234 valence electrons. The van der Waals surface area contributed by atoms with Gasteiger partial charge in [0, 0.05) is 60.2 Å². The molecule has 1 aromatic heterocycles. The molecule has 5 aliphatic rings. The highest BCUT2D eigenvalue weighted by molar-refractivity contribution is 6.35. The molecule has 0 amide bonds. The third-order valence-electron chi connectivity index (χ3n) is 10.8. The number of hydrogen-bond donors (Lipinski definition) is 2. The van der Waals surface area contributed by atoms with Crippen LogP contribution in [0, 0.1) is 11.2 Å². The molecule has 10 heteroatoms. The molecular weight excluding hydrogens is 593 g/mol. The Morgan fingerprint density at radius 2 is 1.76 bits per heavy atom.